The molecule has 0 radical (unpaired) electrons. The van der Waals surface area contributed by atoms with Gasteiger partial charge in [-0.3, -0.25) is 4.79 Å². The standard InChI is InChI=1S/C13H17ClN2O2/c14-12-7-10(5-6-15-12)13(18)16-8-9-1-3-11(17)4-2-9/h5-7,9,11,17H,1-4,8H2,(H,16,18). The van der Waals surface area contributed by atoms with Crippen molar-refractivity contribution in [2.24, 2.45) is 5.92 Å². The first-order valence-corrected chi connectivity index (χ1v) is 6.61. The van der Waals surface area contributed by atoms with Gasteiger partial charge in [-0.1, -0.05) is 11.6 Å². The Hall–Kier alpha value is -1.13. The molecular formula is C13H17ClN2O2. The fourth-order valence-corrected chi connectivity index (χ4v) is 2.41. The quantitative estimate of drug-likeness (QED) is 0.825. The predicted octanol–water partition coefficient (Wildman–Crippen LogP) is 2.02. The number of carbonyl (C=O) groups excluding carboxylic acids is 1. The normalized spacial score (nSPS) is 23.7. The summed E-state index contributed by atoms with van der Waals surface area (Å²) in [6.45, 7) is 0.658. The number of halogens is 1. The van der Waals surface area contributed by atoms with Crippen molar-refractivity contribution >= 4 is 17.5 Å². The van der Waals surface area contributed by atoms with Crippen LogP contribution in [0.25, 0.3) is 0 Å². The summed E-state index contributed by atoms with van der Waals surface area (Å²) in [5.74, 6) is 0.347. The van der Waals surface area contributed by atoms with Crippen molar-refractivity contribution in [1.82, 2.24) is 10.3 Å². The molecule has 0 aliphatic heterocycles. The molecule has 18 heavy (non-hydrogen) atoms. The maximum atomic E-state index is 11.9. The van der Waals surface area contributed by atoms with Crippen molar-refractivity contribution in [2.45, 2.75) is 31.8 Å². The number of aliphatic hydroxyl groups is 1. The topological polar surface area (TPSA) is 62.2 Å². The molecule has 1 heterocycles. The fraction of sp³-hybridized carbons (Fsp3) is 0.538. The lowest BCUT2D eigenvalue weighted by molar-refractivity contribution is 0.0910. The number of hydrogen-bond acceptors (Lipinski definition) is 3. The van der Waals surface area contributed by atoms with Crippen LogP contribution in [0.15, 0.2) is 18.3 Å². The molecule has 1 saturated carbocycles. The van der Waals surface area contributed by atoms with Gasteiger partial charge in [0, 0.05) is 18.3 Å². The van der Waals surface area contributed by atoms with Crippen LogP contribution in [0.4, 0.5) is 0 Å². The number of carbonyl (C=O) groups is 1. The van der Waals surface area contributed by atoms with Gasteiger partial charge in [-0.15, -0.1) is 0 Å². The Morgan fingerprint density at radius 2 is 2.17 bits per heavy atom. The summed E-state index contributed by atoms with van der Waals surface area (Å²) >= 11 is 5.73. The average Bonchev–Trinajstić information content (AvgIpc) is 2.38. The van der Waals surface area contributed by atoms with E-state index >= 15 is 0 Å². The van der Waals surface area contributed by atoms with Gasteiger partial charge < -0.3 is 10.4 Å². The maximum Gasteiger partial charge on any atom is 0.251 e. The molecule has 98 valence electrons. The Labute approximate surface area is 111 Å². The first-order valence-electron chi connectivity index (χ1n) is 6.23. The summed E-state index contributed by atoms with van der Waals surface area (Å²) in [4.78, 5) is 15.7. The molecular weight excluding hydrogens is 252 g/mol. The highest BCUT2D eigenvalue weighted by molar-refractivity contribution is 6.29. The zero-order valence-corrected chi connectivity index (χ0v) is 10.9. The zero-order valence-electron chi connectivity index (χ0n) is 10.1. The van der Waals surface area contributed by atoms with Crippen LogP contribution in [-0.4, -0.2) is 28.6 Å². The lowest BCUT2D eigenvalue weighted by Crippen LogP contribution is -2.32. The van der Waals surface area contributed by atoms with Gasteiger partial charge in [-0.05, 0) is 43.7 Å². The second-order valence-electron chi connectivity index (χ2n) is 4.75. The van der Waals surface area contributed by atoms with Crippen molar-refractivity contribution in [2.75, 3.05) is 6.54 Å². The smallest absolute Gasteiger partial charge is 0.251 e. The number of aliphatic hydroxyl groups excluding tert-OH is 1. The van der Waals surface area contributed by atoms with Gasteiger partial charge in [-0.2, -0.15) is 0 Å². The number of nitrogens with zero attached hydrogens (tertiary/aromatic N) is 1. The molecule has 2 N–H and O–H groups in total. The lowest BCUT2D eigenvalue weighted by atomic mass is 9.87. The predicted molar refractivity (Wildman–Crippen MR) is 69.5 cm³/mol. The second-order valence-corrected chi connectivity index (χ2v) is 5.14. The summed E-state index contributed by atoms with van der Waals surface area (Å²) in [7, 11) is 0. The molecule has 0 unspecified atom stereocenters. The van der Waals surface area contributed by atoms with E-state index in [0.29, 0.717) is 23.2 Å². The Bertz CT molecular complexity index is 417. The van der Waals surface area contributed by atoms with Crippen LogP contribution < -0.4 is 5.32 Å². The summed E-state index contributed by atoms with van der Waals surface area (Å²) in [6, 6.07) is 3.20. The van der Waals surface area contributed by atoms with E-state index in [2.05, 4.69) is 10.3 Å². The van der Waals surface area contributed by atoms with Crippen molar-refractivity contribution in [3.8, 4) is 0 Å². The fourth-order valence-electron chi connectivity index (χ4n) is 2.23. The number of pyridine rings is 1. The molecule has 1 aromatic rings. The highest BCUT2D eigenvalue weighted by Gasteiger charge is 2.19. The van der Waals surface area contributed by atoms with Gasteiger partial charge in [-0.25, -0.2) is 4.98 Å². The largest absolute Gasteiger partial charge is 0.393 e. The van der Waals surface area contributed by atoms with E-state index in [4.69, 9.17) is 11.6 Å². The van der Waals surface area contributed by atoms with E-state index in [1.807, 2.05) is 0 Å². The molecule has 1 amide bonds. The van der Waals surface area contributed by atoms with Crippen LogP contribution in [0.5, 0.6) is 0 Å². The Kier molecular flexibility index (Phi) is 4.55. The van der Waals surface area contributed by atoms with Crippen molar-refractivity contribution in [1.29, 1.82) is 0 Å². The minimum Gasteiger partial charge on any atom is -0.393 e. The highest BCUT2D eigenvalue weighted by atomic mass is 35.5. The van der Waals surface area contributed by atoms with Crippen LogP contribution in [0, 0.1) is 5.92 Å². The number of aromatic nitrogens is 1. The number of nitrogens with one attached hydrogen (secondary N) is 1. The molecule has 5 heteroatoms. The van der Waals surface area contributed by atoms with E-state index in [1.54, 1.807) is 12.1 Å². The van der Waals surface area contributed by atoms with E-state index in [1.165, 1.54) is 6.20 Å². The van der Waals surface area contributed by atoms with Crippen LogP contribution in [0.1, 0.15) is 36.0 Å². The molecule has 1 aliphatic carbocycles. The average molecular weight is 269 g/mol. The SMILES string of the molecule is O=C(NCC1CCC(O)CC1)c1ccnc(Cl)c1. The van der Waals surface area contributed by atoms with E-state index in [0.717, 1.165) is 25.7 Å². The van der Waals surface area contributed by atoms with E-state index in [9.17, 15) is 9.90 Å². The Balaban J connectivity index is 1.81. The highest BCUT2D eigenvalue weighted by Crippen LogP contribution is 2.23. The molecule has 0 spiro atoms. The minimum absolute atomic E-state index is 0.120. The molecule has 1 aromatic heterocycles. The Morgan fingerprint density at radius 3 is 2.83 bits per heavy atom. The zero-order chi connectivity index (χ0) is 13.0. The van der Waals surface area contributed by atoms with Gasteiger partial charge in [0.25, 0.3) is 5.91 Å². The number of hydrogen-bond donors (Lipinski definition) is 2. The molecule has 4 nitrogen and oxygen atoms in total. The molecule has 0 aromatic carbocycles. The third-order valence-electron chi connectivity index (χ3n) is 3.36. The van der Waals surface area contributed by atoms with Crippen LogP contribution >= 0.6 is 11.6 Å². The van der Waals surface area contributed by atoms with Gasteiger partial charge in [0.05, 0.1) is 6.10 Å². The molecule has 0 bridgehead atoms. The number of amides is 1. The van der Waals surface area contributed by atoms with Gasteiger partial charge >= 0.3 is 0 Å². The minimum atomic E-state index is -0.157. The van der Waals surface area contributed by atoms with Gasteiger partial charge in [0.15, 0.2) is 0 Å². The maximum absolute atomic E-state index is 11.9. The van der Waals surface area contributed by atoms with Crippen molar-refractivity contribution in [3.05, 3.63) is 29.0 Å². The number of rotatable bonds is 3. The van der Waals surface area contributed by atoms with Crippen molar-refractivity contribution in [3.63, 3.8) is 0 Å². The van der Waals surface area contributed by atoms with Gasteiger partial charge in [0.1, 0.15) is 5.15 Å². The third kappa shape index (κ3) is 3.68. The summed E-state index contributed by atoms with van der Waals surface area (Å²) in [5, 5.41) is 12.6. The summed E-state index contributed by atoms with van der Waals surface area (Å²) < 4.78 is 0. The van der Waals surface area contributed by atoms with Gasteiger partial charge in [0.2, 0.25) is 0 Å². The third-order valence-corrected chi connectivity index (χ3v) is 3.56. The monoisotopic (exact) mass is 268 g/mol. The molecule has 0 atom stereocenters. The van der Waals surface area contributed by atoms with E-state index < -0.39 is 0 Å². The molecule has 1 aliphatic rings. The molecule has 2 rings (SSSR count). The van der Waals surface area contributed by atoms with Crippen LogP contribution in [0.2, 0.25) is 5.15 Å². The molecule has 1 fully saturated rings. The lowest BCUT2D eigenvalue weighted by Gasteiger charge is -2.25. The van der Waals surface area contributed by atoms with E-state index in [-0.39, 0.29) is 12.0 Å². The van der Waals surface area contributed by atoms with Crippen LogP contribution in [-0.2, 0) is 0 Å². The molecule has 0 saturated heterocycles. The summed E-state index contributed by atoms with van der Waals surface area (Å²) in [5.41, 5.74) is 0.533. The first-order chi connectivity index (χ1) is 8.65. The summed E-state index contributed by atoms with van der Waals surface area (Å²) in [6.07, 6.45) is 4.98. The van der Waals surface area contributed by atoms with Crippen LogP contribution in [0.3, 0.4) is 0 Å². The first kappa shape index (κ1) is 13.3. The Morgan fingerprint density at radius 1 is 1.44 bits per heavy atom. The van der Waals surface area contributed by atoms with Crippen molar-refractivity contribution < 1.29 is 9.90 Å². The second kappa shape index (κ2) is 6.16.